The van der Waals surface area contributed by atoms with E-state index in [2.05, 4.69) is 35.9 Å². The largest absolute Gasteiger partial charge is 0.447 e. The van der Waals surface area contributed by atoms with Crippen molar-refractivity contribution >= 4 is 18.1 Å². The third-order valence-electron chi connectivity index (χ3n) is 7.09. The van der Waals surface area contributed by atoms with Crippen LogP contribution < -0.4 is 21.7 Å². The summed E-state index contributed by atoms with van der Waals surface area (Å²) in [7, 11) is 1.63. The first-order chi connectivity index (χ1) is 18.0. The molecule has 0 bridgehead atoms. The minimum Gasteiger partial charge on any atom is -0.447 e. The van der Waals surface area contributed by atoms with E-state index in [4.69, 9.17) is 29.4 Å². The van der Waals surface area contributed by atoms with Crippen molar-refractivity contribution in [3.8, 4) is 0 Å². The Morgan fingerprint density at radius 1 is 1.16 bits per heavy atom. The fourth-order valence-corrected chi connectivity index (χ4v) is 4.96. The number of methoxy groups -OCH3 is 1. The lowest BCUT2D eigenvalue weighted by Crippen LogP contribution is -2.55. The van der Waals surface area contributed by atoms with Crippen LogP contribution in [-0.2, 0) is 28.5 Å². The molecule has 0 radical (unpaired) electrons. The van der Waals surface area contributed by atoms with E-state index in [-0.39, 0.29) is 48.9 Å². The van der Waals surface area contributed by atoms with E-state index in [1.54, 1.807) is 21.0 Å². The normalized spacial score (nSPS) is 29.7. The van der Waals surface area contributed by atoms with Crippen molar-refractivity contribution in [2.24, 2.45) is 11.7 Å². The lowest BCUT2D eigenvalue weighted by molar-refractivity contribution is -0.119. The third kappa shape index (κ3) is 8.55. The standard InChI is InChI=1S/C26H44N4O8/c1-16(2)7-8-17-22(37-17)20-21(34-5)18(9-10-26(20)15-36-26)38-24(33)30-25(3,4)14-35-23(32)29-12-6-11-28-19(31)13-27/h7,17-18,20-22H,6,8-15,27H2,1-5H3,(H,28,31)(H,29,32)(H,30,33)/t17-,18?,20?,21?,22?,26?/m1/s1. The van der Waals surface area contributed by atoms with Crippen LogP contribution in [0.4, 0.5) is 9.59 Å². The number of ether oxygens (including phenoxy) is 5. The van der Waals surface area contributed by atoms with Gasteiger partial charge < -0.3 is 45.4 Å². The van der Waals surface area contributed by atoms with Crippen LogP contribution in [0.2, 0.25) is 0 Å². The fraction of sp³-hybridized carbons (Fsp3) is 0.808. The van der Waals surface area contributed by atoms with Gasteiger partial charge >= 0.3 is 12.2 Å². The number of epoxide rings is 2. The Morgan fingerprint density at radius 3 is 2.50 bits per heavy atom. The van der Waals surface area contributed by atoms with Crippen LogP contribution in [0.25, 0.3) is 0 Å². The number of carbonyl (C=O) groups excluding carboxylic acids is 3. The summed E-state index contributed by atoms with van der Waals surface area (Å²) < 4.78 is 28.8. The van der Waals surface area contributed by atoms with Crippen LogP contribution >= 0.6 is 0 Å². The molecule has 5 N–H and O–H groups in total. The molecule has 216 valence electrons. The summed E-state index contributed by atoms with van der Waals surface area (Å²) in [5.41, 5.74) is 5.33. The first-order valence-electron chi connectivity index (χ1n) is 13.3. The quantitative estimate of drug-likeness (QED) is 0.153. The lowest BCUT2D eigenvalue weighted by Gasteiger charge is -2.40. The molecule has 3 fully saturated rings. The molecular weight excluding hydrogens is 496 g/mol. The second-order valence-corrected chi connectivity index (χ2v) is 11.1. The number of hydrogen-bond donors (Lipinski definition) is 4. The predicted molar refractivity (Wildman–Crippen MR) is 138 cm³/mol. The predicted octanol–water partition coefficient (Wildman–Crippen LogP) is 1.37. The van der Waals surface area contributed by atoms with E-state index < -0.39 is 23.8 Å². The van der Waals surface area contributed by atoms with Crippen molar-refractivity contribution in [2.75, 3.05) is 40.0 Å². The Kier molecular flexibility index (Phi) is 10.4. The molecular formula is C26H44N4O8. The van der Waals surface area contributed by atoms with Crippen LogP contribution in [0.1, 0.15) is 53.4 Å². The number of nitrogens with one attached hydrogen (secondary N) is 3. The van der Waals surface area contributed by atoms with Gasteiger partial charge in [0.1, 0.15) is 18.8 Å². The SMILES string of the molecule is COC1C(OC(=O)NC(C)(C)COC(=O)NCCCNC(=O)CN)CCC2(CO2)C1C1O[C@@H]1CC=C(C)C. The van der Waals surface area contributed by atoms with E-state index in [0.29, 0.717) is 32.5 Å². The van der Waals surface area contributed by atoms with Gasteiger partial charge in [0.25, 0.3) is 0 Å². The highest BCUT2D eigenvalue weighted by molar-refractivity contribution is 5.77. The van der Waals surface area contributed by atoms with E-state index >= 15 is 0 Å². The average molecular weight is 541 g/mol. The smallest absolute Gasteiger partial charge is 0.408 e. The van der Waals surface area contributed by atoms with Crippen LogP contribution in [0.15, 0.2) is 11.6 Å². The van der Waals surface area contributed by atoms with Crippen LogP contribution in [0.3, 0.4) is 0 Å². The second-order valence-electron chi connectivity index (χ2n) is 11.1. The molecule has 2 saturated heterocycles. The molecule has 12 heteroatoms. The molecule has 5 unspecified atom stereocenters. The lowest BCUT2D eigenvalue weighted by atomic mass is 9.73. The Bertz CT molecular complexity index is 871. The van der Waals surface area contributed by atoms with Gasteiger partial charge in [-0.25, -0.2) is 9.59 Å². The zero-order valence-corrected chi connectivity index (χ0v) is 23.2. The van der Waals surface area contributed by atoms with Crippen LogP contribution in [-0.4, -0.2) is 93.6 Å². The maximum absolute atomic E-state index is 12.8. The highest BCUT2D eigenvalue weighted by atomic mass is 16.6. The fourth-order valence-electron chi connectivity index (χ4n) is 4.96. The molecule has 3 amide bonds. The van der Waals surface area contributed by atoms with Crippen molar-refractivity contribution in [3.05, 3.63) is 11.6 Å². The van der Waals surface area contributed by atoms with Gasteiger partial charge in [-0.15, -0.1) is 0 Å². The van der Waals surface area contributed by atoms with Gasteiger partial charge in [0.2, 0.25) is 5.91 Å². The van der Waals surface area contributed by atoms with Crippen molar-refractivity contribution in [2.45, 2.75) is 88.9 Å². The van der Waals surface area contributed by atoms with Crippen LogP contribution in [0.5, 0.6) is 0 Å². The summed E-state index contributed by atoms with van der Waals surface area (Å²) in [6, 6.07) is 0. The molecule has 1 aliphatic carbocycles. The van der Waals surface area contributed by atoms with Gasteiger partial charge in [-0.2, -0.15) is 0 Å². The van der Waals surface area contributed by atoms with Gasteiger partial charge in [-0.05, 0) is 53.4 Å². The number of allylic oxidation sites excluding steroid dienone is 1. The molecule has 2 heterocycles. The molecule has 3 rings (SSSR count). The Labute approximate surface area is 224 Å². The maximum Gasteiger partial charge on any atom is 0.408 e. The molecule has 3 aliphatic rings. The highest BCUT2D eigenvalue weighted by Gasteiger charge is 2.66. The van der Waals surface area contributed by atoms with E-state index in [1.807, 2.05) is 0 Å². The summed E-state index contributed by atoms with van der Waals surface area (Å²) in [4.78, 5) is 35.9. The van der Waals surface area contributed by atoms with Gasteiger partial charge in [0.05, 0.1) is 36.5 Å². The monoisotopic (exact) mass is 540 g/mol. The molecule has 38 heavy (non-hydrogen) atoms. The van der Waals surface area contributed by atoms with Gasteiger partial charge in [-0.3, -0.25) is 4.79 Å². The summed E-state index contributed by atoms with van der Waals surface area (Å²) in [6.07, 6.45) is 3.05. The molecule has 12 nitrogen and oxygen atoms in total. The van der Waals surface area contributed by atoms with Crippen molar-refractivity contribution in [1.29, 1.82) is 0 Å². The minimum atomic E-state index is -0.865. The molecule has 1 saturated carbocycles. The topological polar surface area (TPSA) is 166 Å². The summed E-state index contributed by atoms with van der Waals surface area (Å²) in [5.74, 6) is -0.268. The number of hydrogen-bond acceptors (Lipinski definition) is 9. The van der Waals surface area contributed by atoms with E-state index in [0.717, 1.165) is 12.8 Å². The maximum atomic E-state index is 12.8. The summed E-state index contributed by atoms with van der Waals surface area (Å²) in [5, 5.41) is 8.00. The molecule has 2 aliphatic heterocycles. The van der Waals surface area contributed by atoms with Crippen molar-refractivity contribution in [1.82, 2.24) is 16.0 Å². The number of amides is 3. The zero-order chi connectivity index (χ0) is 27.9. The minimum absolute atomic E-state index is 0.00722. The molecule has 6 atom stereocenters. The molecule has 0 aromatic carbocycles. The third-order valence-corrected chi connectivity index (χ3v) is 7.09. The second kappa shape index (κ2) is 13.1. The first-order valence-corrected chi connectivity index (χ1v) is 13.3. The van der Waals surface area contributed by atoms with E-state index in [1.165, 1.54) is 5.57 Å². The number of carbonyl (C=O) groups is 3. The Balaban J connectivity index is 1.44. The summed E-state index contributed by atoms with van der Waals surface area (Å²) >= 11 is 0. The van der Waals surface area contributed by atoms with Crippen molar-refractivity contribution in [3.63, 3.8) is 0 Å². The first kappa shape index (κ1) is 30.1. The zero-order valence-electron chi connectivity index (χ0n) is 23.2. The number of nitrogens with two attached hydrogens (primary N) is 1. The summed E-state index contributed by atoms with van der Waals surface area (Å²) in [6.45, 7) is 8.86. The van der Waals surface area contributed by atoms with Crippen molar-refractivity contribution < 1.29 is 38.1 Å². The average Bonchev–Trinajstić information content (AvgIpc) is 3.79. The highest BCUT2D eigenvalue weighted by Crippen LogP contribution is 2.54. The molecule has 0 aromatic rings. The number of alkyl carbamates (subject to hydrolysis) is 2. The van der Waals surface area contributed by atoms with E-state index in [9.17, 15) is 14.4 Å². The van der Waals surface area contributed by atoms with Gasteiger partial charge in [0.15, 0.2) is 0 Å². The van der Waals surface area contributed by atoms with Crippen LogP contribution in [0, 0.1) is 5.92 Å². The number of rotatable bonds is 13. The Morgan fingerprint density at radius 2 is 1.87 bits per heavy atom. The Hall–Kier alpha value is -2.41. The molecule has 0 aromatic heterocycles. The van der Waals surface area contributed by atoms with Gasteiger partial charge in [0, 0.05) is 26.1 Å². The molecule has 1 spiro atoms. The van der Waals surface area contributed by atoms with Gasteiger partial charge in [-0.1, -0.05) is 11.6 Å².